The van der Waals surface area contributed by atoms with Crippen molar-refractivity contribution in [2.75, 3.05) is 5.73 Å². The van der Waals surface area contributed by atoms with E-state index in [4.69, 9.17) is 5.73 Å². The lowest BCUT2D eigenvalue weighted by Gasteiger charge is -2.12. The van der Waals surface area contributed by atoms with Crippen LogP contribution in [-0.2, 0) is 13.0 Å². The van der Waals surface area contributed by atoms with Crippen LogP contribution in [0, 0.1) is 24.5 Å². The van der Waals surface area contributed by atoms with E-state index < -0.39 is 0 Å². The maximum atomic E-state index is 13.6. The lowest BCUT2D eigenvalue weighted by atomic mass is 10.0. The largest absolute Gasteiger partial charge is 0.385 e. The Hall–Kier alpha value is -3.99. The number of hydrogen-bond acceptors (Lipinski definition) is 4. The quantitative estimate of drug-likeness (QED) is 0.476. The summed E-state index contributed by atoms with van der Waals surface area (Å²) in [6, 6.07) is 20.7. The van der Waals surface area contributed by atoms with Crippen LogP contribution in [0.3, 0.4) is 0 Å². The average Bonchev–Trinajstić information content (AvgIpc) is 2.93. The van der Waals surface area contributed by atoms with Crippen LogP contribution in [0.5, 0.6) is 0 Å². The molecule has 5 heteroatoms. The Morgan fingerprint density at radius 2 is 1.47 bits per heavy atom. The number of nitrogens with zero attached hydrogens (tertiary/aromatic N) is 2. The Balaban J connectivity index is 1.89. The summed E-state index contributed by atoms with van der Waals surface area (Å²) in [6.07, 6.45) is 0.671. The average molecular weight is 422 g/mol. The van der Waals surface area contributed by atoms with Crippen LogP contribution in [-0.4, -0.2) is 9.55 Å². The zero-order chi connectivity index (χ0) is 22.4. The molecule has 2 aliphatic rings. The lowest BCUT2D eigenvalue weighted by molar-refractivity contribution is 0.683. The van der Waals surface area contributed by atoms with E-state index in [1.165, 1.54) is 11.1 Å². The van der Waals surface area contributed by atoms with Gasteiger partial charge in [-0.25, -0.2) is 4.98 Å². The molecule has 5 nitrogen and oxygen atoms in total. The normalized spacial score (nSPS) is 11.4. The molecule has 1 heterocycles. The van der Waals surface area contributed by atoms with Crippen molar-refractivity contribution in [2.24, 2.45) is 0 Å². The number of rotatable bonds is 3. The molecule has 0 spiro atoms. The fraction of sp³-hybridized carbons (Fsp3) is 0.148. The summed E-state index contributed by atoms with van der Waals surface area (Å²) >= 11 is 0. The maximum absolute atomic E-state index is 13.6. The van der Waals surface area contributed by atoms with Gasteiger partial charge in [0.25, 0.3) is 0 Å². The fourth-order valence-corrected chi connectivity index (χ4v) is 4.31. The van der Waals surface area contributed by atoms with Crippen LogP contribution in [0.1, 0.15) is 16.7 Å². The highest BCUT2D eigenvalue weighted by molar-refractivity contribution is 5.88. The van der Waals surface area contributed by atoms with Crippen LogP contribution >= 0.6 is 0 Å². The number of fused-ring (bicyclic) bond motifs is 2. The van der Waals surface area contributed by atoms with Gasteiger partial charge < -0.3 is 10.3 Å². The van der Waals surface area contributed by atoms with E-state index in [-0.39, 0.29) is 21.6 Å². The van der Waals surface area contributed by atoms with Crippen molar-refractivity contribution in [3.05, 3.63) is 115 Å². The SMILES string of the molecule is Cc1ccc(CCn2c(N)c3ccccc3nc3c(=O)c4ccccc4c(=O)c2=3)cc1C. The fourth-order valence-electron chi connectivity index (χ4n) is 4.31. The van der Waals surface area contributed by atoms with Crippen molar-refractivity contribution >= 4 is 27.5 Å². The molecule has 0 saturated carbocycles. The van der Waals surface area contributed by atoms with Crippen molar-refractivity contribution in [3.63, 3.8) is 0 Å². The molecule has 5 rings (SSSR count). The van der Waals surface area contributed by atoms with Gasteiger partial charge in [0.1, 0.15) is 16.5 Å². The Kier molecular flexibility index (Phi) is 4.74. The number of anilines is 1. The van der Waals surface area contributed by atoms with Gasteiger partial charge in [-0.15, -0.1) is 0 Å². The van der Waals surface area contributed by atoms with Crippen LogP contribution in [0.15, 0.2) is 76.3 Å². The molecule has 0 amide bonds. The number of nitrogens with two attached hydrogens (primary N) is 1. The monoisotopic (exact) mass is 421 g/mol. The summed E-state index contributed by atoms with van der Waals surface area (Å²) < 4.78 is 1.77. The summed E-state index contributed by atoms with van der Waals surface area (Å²) in [4.78, 5) is 31.6. The highest BCUT2D eigenvalue weighted by atomic mass is 16.1. The van der Waals surface area contributed by atoms with Gasteiger partial charge >= 0.3 is 0 Å². The number of aryl methyl sites for hydroxylation is 3. The highest BCUT2D eigenvalue weighted by Crippen LogP contribution is 2.20. The lowest BCUT2D eigenvalue weighted by Crippen LogP contribution is -2.21. The molecule has 1 aliphatic carbocycles. The third-order valence-electron chi connectivity index (χ3n) is 6.24. The minimum atomic E-state index is -0.254. The van der Waals surface area contributed by atoms with E-state index >= 15 is 0 Å². The topological polar surface area (TPSA) is 78.0 Å². The summed E-state index contributed by atoms with van der Waals surface area (Å²) in [5.74, 6) is 0.429. The number of hydrogen-bond donors (Lipinski definition) is 1. The summed E-state index contributed by atoms with van der Waals surface area (Å²) in [6.45, 7) is 4.62. The number of nitrogen functional groups attached to an aromatic ring is 1. The second kappa shape index (κ2) is 7.61. The molecule has 1 aliphatic heterocycles. The third-order valence-corrected chi connectivity index (χ3v) is 6.24. The highest BCUT2D eigenvalue weighted by Gasteiger charge is 2.14. The van der Waals surface area contributed by atoms with E-state index in [1.54, 1.807) is 28.8 Å². The van der Waals surface area contributed by atoms with Gasteiger partial charge in [-0.05, 0) is 49.1 Å². The maximum Gasteiger partial charge on any atom is 0.214 e. The number of para-hydroxylation sites is 1. The molecule has 32 heavy (non-hydrogen) atoms. The second-order valence-corrected chi connectivity index (χ2v) is 8.24. The first-order valence-corrected chi connectivity index (χ1v) is 10.7. The molecule has 0 bridgehead atoms. The molecule has 0 aromatic heterocycles. The van der Waals surface area contributed by atoms with Gasteiger partial charge in [-0.1, -0.05) is 54.6 Å². The smallest absolute Gasteiger partial charge is 0.214 e. The van der Waals surface area contributed by atoms with Crippen molar-refractivity contribution < 1.29 is 0 Å². The summed E-state index contributed by atoms with van der Waals surface area (Å²) in [5, 5.41) is 1.90. The van der Waals surface area contributed by atoms with E-state index in [2.05, 4.69) is 37.0 Å². The van der Waals surface area contributed by atoms with Gasteiger partial charge in [-0.3, -0.25) is 9.59 Å². The zero-order valence-electron chi connectivity index (χ0n) is 18.1. The van der Waals surface area contributed by atoms with Crippen molar-refractivity contribution in [1.82, 2.24) is 9.55 Å². The number of aromatic nitrogens is 2. The third kappa shape index (κ3) is 3.14. The molecule has 2 N–H and O–H groups in total. The second-order valence-electron chi connectivity index (χ2n) is 8.24. The molecule has 0 atom stereocenters. The summed E-state index contributed by atoms with van der Waals surface area (Å²) in [7, 11) is 0. The van der Waals surface area contributed by atoms with Crippen LogP contribution in [0.25, 0.3) is 21.7 Å². The Labute approximate surface area is 184 Å². The van der Waals surface area contributed by atoms with E-state index in [9.17, 15) is 9.59 Å². The Morgan fingerprint density at radius 3 is 2.19 bits per heavy atom. The molecule has 0 unspecified atom stereocenters. The van der Waals surface area contributed by atoms with E-state index in [0.29, 0.717) is 40.5 Å². The van der Waals surface area contributed by atoms with Gasteiger partial charge in [0.2, 0.25) is 10.9 Å². The van der Waals surface area contributed by atoms with Gasteiger partial charge in [0.05, 0.1) is 5.52 Å². The van der Waals surface area contributed by atoms with Crippen molar-refractivity contribution in [2.45, 2.75) is 26.8 Å². The molecule has 158 valence electrons. The Morgan fingerprint density at radius 1 is 0.812 bits per heavy atom. The Bertz CT molecular complexity index is 1700. The zero-order valence-corrected chi connectivity index (χ0v) is 18.1. The first-order chi connectivity index (χ1) is 15.5. The molecule has 3 aromatic carbocycles. The standard InChI is InChI=1S/C27H23N3O2/c1-16-11-12-18(15-17(16)2)13-14-30-24-23(29-22-10-6-5-9-21(22)27(30)28)25(31)19-7-3-4-8-20(19)26(24)32/h3-12,15H,13-14,28H2,1-2H3. The van der Waals surface area contributed by atoms with Gasteiger partial charge in [0, 0.05) is 22.7 Å². The molecular weight excluding hydrogens is 398 g/mol. The van der Waals surface area contributed by atoms with Crippen molar-refractivity contribution in [1.29, 1.82) is 0 Å². The minimum Gasteiger partial charge on any atom is -0.385 e. The molecule has 0 fully saturated rings. The summed E-state index contributed by atoms with van der Waals surface area (Å²) in [5.41, 5.74) is 10.3. The minimum absolute atomic E-state index is 0.154. The van der Waals surface area contributed by atoms with Crippen LogP contribution in [0.2, 0.25) is 0 Å². The van der Waals surface area contributed by atoms with E-state index in [1.807, 2.05) is 24.3 Å². The number of benzene rings is 3. The van der Waals surface area contributed by atoms with Gasteiger partial charge in [-0.2, -0.15) is 0 Å². The van der Waals surface area contributed by atoms with Gasteiger partial charge in [0.15, 0.2) is 0 Å². The predicted octanol–water partition coefficient (Wildman–Crippen LogP) is 4.08. The van der Waals surface area contributed by atoms with Crippen LogP contribution < -0.4 is 16.6 Å². The molecular formula is C27H23N3O2. The molecule has 0 radical (unpaired) electrons. The van der Waals surface area contributed by atoms with Crippen LogP contribution in [0.4, 0.5) is 5.82 Å². The first-order valence-electron chi connectivity index (χ1n) is 10.7. The molecule has 0 saturated heterocycles. The van der Waals surface area contributed by atoms with E-state index in [0.717, 1.165) is 5.56 Å². The molecule has 3 aromatic rings. The first kappa shape index (κ1) is 19.9. The van der Waals surface area contributed by atoms with Crippen molar-refractivity contribution in [3.8, 4) is 0 Å². The predicted molar refractivity (Wildman–Crippen MR) is 129 cm³/mol.